The average molecular weight is 526 g/mol. The Labute approximate surface area is 161 Å². The number of hydrogen-bond donors (Lipinski definition) is 0. The van der Waals surface area contributed by atoms with Gasteiger partial charge in [0, 0.05) is 0 Å². The summed E-state index contributed by atoms with van der Waals surface area (Å²) in [5.41, 5.74) is 0. The monoisotopic (exact) mass is 526 g/mol. The van der Waals surface area contributed by atoms with Crippen molar-refractivity contribution in [2.45, 2.75) is 48.6 Å². The summed E-state index contributed by atoms with van der Waals surface area (Å²) in [5, 5.41) is 0. The Morgan fingerprint density at radius 2 is 0.969 bits per heavy atom. The second kappa shape index (κ2) is 8.09. The van der Waals surface area contributed by atoms with Crippen LogP contribution in [0.4, 0.5) is 79.4 Å². The fraction of sp³-hybridized carbons (Fsp3) is 0.900. The molecule has 2 unspecified atom stereocenters. The Hall–Kier alpha value is -2.00. The van der Waals surface area contributed by atoms with Gasteiger partial charge in [0.2, 0.25) is 0 Å². The highest BCUT2D eigenvalue weighted by Gasteiger charge is 2.85. The molecule has 0 heterocycles. The van der Waals surface area contributed by atoms with Crippen LogP contribution >= 0.6 is 0 Å². The normalized spacial score (nSPS) is 18.6. The van der Waals surface area contributed by atoms with Gasteiger partial charge in [0.1, 0.15) is 0 Å². The third-order valence-electron chi connectivity index (χ3n) is 2.71. The zero-order chi connectivity index (χ0) is 26.4. The van der Waals surface area contributed by atoms with E-state index in [0.717, 1.165) is 0 Å². The van der Waals surface area contributed by atoms with Crippen LogP contribution in [0.25, 0.3) is 0 Å². The molecule has 0 aliphatic rings. The van der Waals surface area contributed by atoms with Gasteiger partial charge in [0.05, 0.1) is 7.11 Å². The van der Waals surface area contributed by atoms with Gasteiger partial charge in [0.25, 0.3) is 0 Å². The van der Waals surface area contributed by atoms with E-state index in [1.807, 2.05) is 0 Å². The number of methoxy groups -OCH3 is 1. The van der Waals surface area contributed by atoms with Crippen molar-refractivity contribution < 1.29 is 98.4 Å². The van der Waals surface area contributed by atoms with Gasteiger partial charge < -0.3 is 9.47 Å². The molecule has 0 saturated carbocycles. The molecule has 32 heavy (non-hydrogen) atoms. The fourth-order valence-corrected chi connectivity index (χ4v) is 1.20. The Bertz CT molecular complexity index is 681. The summed E-state index contributed by atoms with van der Waals surface area (Å²) < 4.78 is 225. The van der Waals surface area contributed by atoms with E-state index in [2.05, 4.69) is 9.47 Å². The molecule has 0 aromatic rings. The molecule has 5 nitrogen and oxygen atoms in total. The molecule has 0 N–H and O–H groups in total. The molecule has 192 valence electrons. The first-order chi connectivity index (χ1) is 13.6. The number of halogens is 17. The molecule has 0 radical (unpaired) electrons. The molecular weight excluding hydrogens is 523 g/mol. The van der Waals surface area contributed by atoms with Crippen LogP contribution in [0.2, 0.25) is 0 Å². The molecular formula is C10H3F17O5. The number of rotatable bonds is 7. The quantitative estimate of drug-likeness (QED) is 0.246. The van der Waals surface area contributed by atoms with Crippen LogP contribution in [-0.2, 0) is 18.9 Å². The zero-order valence-electron chi connectivity index (χ0n) is 14.0. The van der Waals surface area contributed by atoms with Gasteiger partial charge in [-0.25, -0.2) is 9.53 Å². The summed E-state index contributed by atoms with van der Waals surface area (Å²) in [5.74, 6) is -15.9. The van der Waals surface area contributed by atoms with Gasteiger partial charge >= 0.3 is 54.7 Å². The van der Waals surface area contributed by atoms with Crippen LogP contribution in [0.1, 0.15) is 0 Å². The highest BCUT2D eigenvalue weighted by molar-refractivity contribution is 5.60. The zero-order valence-corrected chi connectivity index (χ0v) is 14.0. The molecule has 0 rings (SSSR count). The lowest BCUT2D eigenvalue weighted by Crippen LogP contribution is -2.67. The lowest BCUT2D eigenvalue weighted by molar-refractivity contribution is -0.568. The van der Waals surface area contributed by atoms with Crippen LogP contribution in [0.5, 0.6) is 0 Å². The van der Waals surface area contributed by atoms with Gasteiger partial charge in [-0.05, 0) is 0 Å². The number of ether oxygens (including phenoxy) is 4. The maximum absolute atomic E-state index is 13.7. The highest BCUT2D eigenvalue weighted by atomic mass is 19.4. The minimum atomic E-state index is -8.06. The Balaban J connectivity index is 6.63. The minimum Gasteiger partial charge on any atom is -0.437 e. The maximum Gasteiger partial charge on any atom is 0.512 e. The van der Waals surface area contributed by atoms with Gasteiger partial charge in [-0.15, -0.1) is 0 Å². The Kier molecular flexibility index (Phi) is 7.59. The molecule has 0 aliphatic carbocycles. The van der Waals surface area contributed by atoms with Crippen molar-refractivity contribution >= 4 is 6.16 Å². The molecule has 2 atom stereocenters. The van der Waals surface area contributed by atoms with E-state index >= 15 is 0 Å². The van der Waals surface area contributed by atoms with Crippen molar-refractivity contribution in [1.82, 2.24) is 0 Å². The number of hydrogen-bond acceptors (Lipinski definition) is 5. The van der Waals surface area contributed by atoms with Crippen molar-refractivity contribution in [1.29, 1.82) is 0 Å². The van der Waals surface area contributed by atoms with Crippen LogP contribution in [0.15, 0.2) is 0 Å². The van der Waals surface area contributed by atoms with Crippen LogP contribution in [-0.4, -0.2) is 61.8 Å². The fourth-order valence-electron chi connectivity index (χ4n) is 1.20. The van der Waals surface area contributed by atoms with Crippen LogP contribution < -0.4 is 0 Å². The average Bonchev–Trinajstić information content (AvgIpc) is 2.49. The molecule has 0 aromatic heterocycles. The number of carbonyl (C=O) groups is 1. The minimum absolute atomic E-state index is 0.0370. The molecule has 0 aromatic carbocycles. The van der Waals surface area contributed by atoms with Gasteiger partial charge in [-0.2, -0.15) is 74.6 Å². The van der Waals surface area contributed by atoms with Crippen molar-refractivity contribution in [3.63, 3.8) is 0 Å². The van der Waals surface area contributed by atoms with E-state index in [0.29, 0.717) is 0 Å². The van der Waals surface area contributed by atoms with E-state index in [1.165, 1.54) is 4.74 Å². The van der Waals surface area contributed by atoms with E-state index in [9.17, 15) is 79.4 Å². The van der Waals surface area contributed by atoms with Crippen LogP contribution in [0.3, 0.4) is 0 Å². The predicted molar refractivity (Wildman–Crippen MR) is 56.3 cm³/mol. The summed E-state index contributed by atoms with van der Waals surface area (Å²) in [7, 11) is 0.0370. The lowest BCUT2D eigenvalue weighted by atomic mass is 10.2. The smallest absolute Gasteiger partial charge is 0.437 e. The van der Waals surface area contributed by atoms with Crippen molar-refractivity contribution in [3.05, 3.63) is 0 Å². The molecule has 22 heteroatoms. The van der Waals surface area contributed by atoms with Crippen LogP contribution in [0, 0.1) is 0 Å². The van der Waals surface area contributed by atoms with Gasteiger partial charge in [0.15, 0.2) is 0 Å². The van der Waals surface area contributed by atoms with E-state index in [4.69, 9.17) is 0 Å². The molecule has 0 bridgehead atoms. The highest BCUT2D eigenvalue weighted by Crippen LogP contribution is 2.56. The summed E-state index contributed by atoms with van der Waals surface area (Å²) >= 11 is 0. The second-order valence-corrected chi connectivity index (χ2v) is 4.99. The molecule has 0 fully saturated rings. The molecule has 0 amide bonds. The largest absolute Gasteiger partial charge is 0.512 e. The Morgan fingerprint density at radius 3 is 1.25 bits per heavy atom. The predicted octanol–water partition coefficient (Wildman–Crippen LogP) is 5.60. The number of alkyl halides is 17. The molecule has 0 spiro atoms. The molecule has 0 saturated heterocycles. The van der Waals surface area contributed by atoms with E-state index in [-0.39, 0.29) is 7.11 Å². The Morgan fingerprint density at radius 1 is 0.562 bits per heavy atom. The maximum atomic E-state index is 13.7. The SMILES string of the molecule is COC(=O)OC(F)(OC(F)(F)C(F)(OC(F)(F)C(F)(F)C(F)(F)F)C(F)(F)F)C(F)(F)F. The first-order valence-corrected chi connectivity index (χ1v) is 6.50. The van der Waals surface area contributed by atoms with Crippen molar-refractivity contribution in [2.24, 2.45) is 0 Å². The summed E-state index contributed by atoms with van der Waals surface area (Å²) in [6, 6.07) is -6.89. The standard InChI is InChI=1S/C10H3F17O5/c1-29-2(28)30-10(27,7(20,21)22)32-9(25,26)4(13,6(17,18)19)31-8(23,24)3(11,12)5(14,15)16/h1H3. The summed E-state index contributed by atoms with van der Waals surface area (Å²) in [6.07, 6.45) is -41.6. The topological polar surface area (TPSA) is 54.0 Å². The van der Waals surface area contributed by atoms with E-state index in [1.54, 1.807) is 4.74 Å². The second-order valence-electron chi connectivity index (χ2n) is 4.99. The van der Waals surface area contributed by atoms with E-state index < -0.39 is 54.7 Å². The van der Waals surface area contributed by atoms with Crippen molar-refractivity contribution in [2.75, 3.05) is 7.11 Å². The summed E-state index contributed by atoms with van der Waals surface area (Å²) in [6.45, 7) is 0. The third kappa shape index (κ3) is 5.31. The van der Waals surface area contributed by atoms with Gasteiger partial charge in [-0.1, -0.05) is 0 Å². The lowest BCUT2D eigenvalue weighted by Gasteiger charge is -2.39. The number of carbonyl (C=O) groups excluding carboxylic acids is 1. The molecule has 0 aliphatic heterocycles. The third-order valence-corrected chi connectivity index (χ3v) is 2.71. The first kappa shape index (κ1) is 30.0. The summed E-state index contributed by atoms with van der Waals surface area (Å²) in [4.78, 5) is 10.5. The van der Waals surface area contributed by atoms with Gasteiger partial charge in [-0.3, -0.25) is 4.74 Å². The first-order valence-electron chi connectivity index (χ1n) is 6.50. The van der Waals surface area contributed by atoms with Crippen molar-refractivity contribution in [3.8, 4) is 0 Å².